The maximum atomic E-state index is 10.7. The summed E-state index contributed by atoms with van der Waals surface area (Å²) in [6, 6.07) is -0.839. The Bertz CT molecular complexity index is 239. The Morgan fingerprint density at radius 2 is 1.73 bits per heavy atom. The molecule has 6 nitrogen and oxygen atoms in total. The molecule has 0 atom stereocenters. The van der Waals surface area contributed by atoms with E-state index in [1.54, 1.807) is 5.32 Å². The minimum Gasteiger partial charge on any atom is -0.311 e. The van der Waals surface area contributed by atoms with Crippen LogP contribution < -0.4 is 10.6 Å². The number of urea groups is 1. The van der Waals surface area contributed by atoms with Gasteiger partial charge in [-0.25, -0.2) is 4.79 Å². The van der Waals surface area contributed by atoms with Gasteiger partial charge in [-0.05, 0) is 0 Å². The molecule has 0 aromatic rings. The number of rotatable bonds is 2. The Labute approximate surface area is 60.9 Å². The molecule has 0 bridgehead atoms. The van der Waals surface area contributed by atoms with E-state index >= 15 is 0 Å². The van der Waals surface area contributed by atoms with Crippen molar-refractivity contribution in [3.05, 3.63) is 0 Å². The zero-order valence-corrected chi connectivity index (χ0v) is 5.29. The smallest absolute Gasteiger partial charge is 0.311 e. The fourth-order valence-corrected chi connectivity index (χ4v) is 0.676. The SMILES string of the molecule is O=CC1(C=O)NC(=O)NC1=O. The first-order chi connectivity index (χ1) is 5.14. The van der Waals surface area contributed by atoms with E-state index in [2.05, 4.69) is 0 Å². The van der Waals surface area contributed by atoms with Gasteiger partial charge in [-0.1, -0.05) is 0 Å². The maximum absolute atomic E-state index is 10.7. The van der Waals surface area contributed by atoms with Crippen LogP contribution in [-0.4, -0.2) is 30.0 Å². The molecule has 0 saturated carbocycles. The molecule has 1 fully saturated rings. The first-order valence-electron chi connectivity index (χ1n) is 2.71. The lowest BCUT2D eigenvalue weighted by atomic mass is 10.1. The Morgan fingerprint density at radius 3 is 1.91 bits per heavy atom. The molecule has 1 saturated heterocycles. The summed E-state index contributed by atoms with van der Waals surface area (Å²) in [7, 11) is 0. The van der Waals surface area contributed by atoms with Crippen LogP contribution in [0.5, 0.6) is 0 Å². The van der Waals surface area contributed by atoms with Crippen molar-refractivity contribution in [2.45, 2.75) is 5.54 Å². The van der Waals surface area contributed by atoms with Crippen molar-refractivity contribution in [1.29, 1.82) is 0 Å². The van der Waals surface area contributed by atoms with Crippen molar-refractivity contribution in [3.63, 3.8) is 0 Å². The van der Waals surface area contributed by atoms with Crippen LogP contribution in [0.15, 0.2) is 0 Å². The second-order valence-electron chi connectivity index (χ2n) is 2.01. The molecule has 0 radical (unpaired) electrons. The second kappa shape index (κ2) is 2.15. The lowest BCUT2D eigenvalue weighted by molar-refractivity contribution is -0.133. The highest BCUT2D eigenvalue weighted by Crippen LogP contribution is 2.02. The van der Waals surface area contributed by atoms with E-state index in [0.717, 1.165) is 0 Å². The van der Waals surface area contributed by atoms with E-state index in [1.807, 2.05) is 5.32 Å². The van der Waals surface area contributed by atoms with Gasteiger partial charge in [0.1, 0.15) is 0 Å². The molecular weight excluding hydrogens is 152 g/mol. The zero-order chi connectivity index (χ0) is 8.48. The van der Waals surface area contributed by atoms with Crippen LogP contribution in [-0.2, 0) is 14.4 Å². The fourth-order valence-electron chi connectivity index (χ4n) is 0.676. The summed E-state index contributed by atoms with van der Waals surface area (Å²) in [6.45, 7) is 0. The summed E-state index contributed by atoms with van der Waals surface area (Å²) in [5.41, 5.74) is -2.00. The van der Waals surface area contributed by atoms with Gasteiger partial charge in [0, 0.05) is 0 Å². The van der Waals surface area contributed by atoms with Gasteiger partial charge in [0.25, 0.3) is 5.91 Å². The molecule has 1 aliphatic heterocycles. The van der Waals surface area contributed by atoms with Gasteiger partial charge < -0.3 is 5.32 Å². The van der Waals surface area contributed by atoms with Gasteiger partial charge in [0.05, 0.1) is 0 Å². The number of nitrogens with one attached hydrogen (secondary N) is 2. The van der Waals surface area contributed by atoms with Gasteiger partial charge in [-0.15, -0.1) is 0 Å². The molecule has 0 aromatic carbocycles. The third-order valence-corrected chi connectivity index (χ3v) is 1.29. The molecule has 0 unspecified atom stereocenters. The Hall–Kier alpha value is -1.72. The monoisotopic (exact) mass is 156 g/mol. The number of hydrogen-bond donors (Lipinski definition) is 2. The van der Waals surface area contributed by atoms with Crippen LogP contribution in [0.25, 0.3) is 0 Å². The van der Waals surface area contributed by atoms with E-state index in [0.29, 0.717) is 0 Å². The van der Waals surface area contributed by atoms with Gasteiger partial charge in [-0.3, -0.25) is 19.7 Å². The molecule has 0 aromatic heterocycles. The topological polar surface area (TPSA) is 92.3 Å². The highest BCUT2D eigenvalue weighted by Gasteiger charge is 2.46. The average molecular weight is 156 g/mol. The largest absolute Gasteiger partial charge is 0.323 e. The predicted octanol–water partition coefficient (Wildman–Crippen LogP) is -2.04. The Balaban J connectivity index is 3.02. The van der Waals surface area contributed by atoms with Gasteiger partial charge in [-0.2, -0.15) is 0 Å². The van der Waals surface area contributed by atoms with Crippen LogP contribution in [0.1, 0.15) is 0 Å². The first-order valence-corrected chi connectivity index (χ1v) is 2.71. The standard InChI is InChI=1S/C5H4N2O4/c8-1-5(2-9)3(10)6-4(11)7-5/h1-2H,(H2,6,7,10,11). The van der Waals surface area contributed by atoms with Crippen LogP contribution >= 0.6 is 0 Å². The second-order valence-corrected chi connectivity index (χ2v) is 2.01. The molecular formula is C5H4N2O4. The Kier molecular flexibility index (Phi) is 1.45. The molecule has 1 rings (SSSR count). The third kappa shape index (κ3) is 0.878. The molecule has 6 heteroatoms. The molecule has 0 aliphatic carbocycles. The number of carbonyl (C=O) groups is 4. The van der Waals surface area contributed by atoms with E-state index < -0.39 is 17.5 Å². The van der Waals surface area contributed by atoms with E-state index in [1.165, 1.54) is 0 Å². The summed E-state index contributed by atoms with van der Waals surface area (Å²) >= 11 is 0. The van der Waals surface area contributed by atoms with Crippen molar-refractivity contribution in [3.8, 4) is 0 Å². The van der Waals surface area contributed by atoms with E-state index in [9.17, 15) is 19.2 Å². The predicted molar refractivity (Wildman–Crippen MR) is 31.5 cm³/mol. The molecule has 11 heavy (non-hydrogen) atoms. The number of hydrogen-bond acceptors (Lipinski definition) is 4. The minimum absolute atomic E-state index is 0.0836. The lowest BCUT2D eigenvalue weighted by Crippen LogP contribution is -2.49. The van der Waals surface area contributed by atoms with Crippen molar-refractivity contribution in [2.24, 2.45) is 0 Å². The van der Waals surface area contributed by atoms with E-state index in [4.69, 9.17) is 0 Å². The van der Waals surface area contributed by atoms with Gasteiger partial charge in [0.15, 0.2) is 12.6 Å². The van der Waals surface area contributed by atoms with Crippen LogP contribution in [0, 0.1) is 0 Å². The maximum Gasteiger partial charge on any atom is 0.323 e. The quantitative estimate of drug-likeness (QED) is 0.274. The summed E-state index contributed by atoms with van der Waals surface area (Å²) in [5, 5.41) is 3.64. The van der Waals surface area contributed by atoms with Crippen LogP contribution in [0.2, 0.25) is 0 Å². The third-order valence-electron chi connectivity index (χ3n) is 1.29. The van der Waals surface area contributed by atoms with Gasteiger partial charge >= 0.3 is 6.03 Å². The molecule has 1 aliphatic rings. The lowest BCUT2D eigenvalue weighted by Gasteiger charge is -2.07. The Morgan fingerprint density at radius 1 is 1.18 bits per heavy atom. The molecule has 58 valence electrons. The summed E-state index contributed by atoms with van der Waals surface area (Å²) in [6.07, 6.45) is 0.167. The first kappa shape index (κ1) is 7.39. The normalized spacial score (nSPS) is 20.4. The van der Waals surface area contributed by atoms with Crippen LogP contribution in [0.4, 0.5) is 4.79 Å². The molecule has 1 heterocycles. The highest BCUT2D eigenvalue weighted by atomic mass is 16.2. The summed E-state index contributed by atoms with van der Waals surface area (Å²) in [5.74, 6) is -0.937. The minimum atomic E-state index is -2.00. The summed E-state index contributed by atoms with van der Waals surface area (Å²) in [4.78, 5) is 41.6. The fraction of sp³-hybridized carbons (Fsp3) is 0.200. The molecule has 3 amide bonds. The van der Waals surface area contributed by atoms with Crippen LogP contribution in [0.3, 0.4) is 0 Å². The summed E-state index contributed by atoms with van der Waals surface area (Å²) < 4.78 is 0. The molecule has 0 spiro atoms. The molecule has 2 N–H and O–H groups in total. The highest BCUT2D eigenvalue weighted by molar-refractivity contribution is 6.25. The number of amides is 3. The number of aldehydes is 2. The number of imide groups is 1. The van der Waals surface area contributed by atoms with Crippen molar-refractivity contribution in [1.82, 2.24) is 10.6 Å². The van der Waals surface area contributed by atoms with Gasteiger partial charge in [0.2, 0.25) is 5.54 Å². The average Bonchev–Trinajstić information content (AvgIpc) is 2.27. The van der Waals surface area contributed by atoms with Crippen molar-refractivity contribution >= 4 is 24.5 Å². The van der Waals surface area contributed by atoms with E-state index in [-0.39, 0.29) is 12.6 Å². The van der Waals surface area contributed by atoms with Crippen molar-refractivity contribution < 1.29 is 19.2 Å². The number of carbonyl (C=O) groups excluding carboxylic acids is 4. The van der Waals surface area contributed by atoms with Crippen molar-refractivity contribution in [2.75, 3.05) is 0 Å². The zero-order valence-electron chi connectivity index (χ0n) is 5.29.